The van der Waals surface area contributed by atoms with Gasteiger partial charge in [0.2, 0.25) is 5.41 Å². The van der Waals surface area contributed by atoms with E-state index in [1.54, 1.807) is 0 Å². The van der Waals surface area contributed by atoms with Crippen LogP contribution in [0.2, 0.25) is 0 Å². The van der Waals surface area contributed by atoms with Crippen LogP contribution < -0.4 is 0 Å². The van der Waals surface area contributed by atoms with Crippen LogP contribution in [0.5, 0.6) is 11.5 Å². The summed E-state index contributed by atoms with van der Waals surface area (Å²) in [6.07, 6.45) is -21.3. The first-order chi connectivity index (χ1) is 16.7. The normalized spacial score (nSPS) is 14.2. The highest BCUT2D eigenvalue weighted by Crippen LogP contribution is 2.61. The standard InChI is InChI=1S/C23H16F12O2/c1-3-5-11-13(20(24,25)26)7-9-15(17(11)36)19(22(30,31)32,23(33,34)35)16-10-8-14(21(27,28)29)12(6-4-2)18(16)37/h3-10,36-37H,1-2H3. The van der Waals surface area contributed by atoms with Crippen LogP contribution in [0.25, 0.3) is 12.2 Å². The van der Waals surface area contributed by atoms with Crippen LogP contribution in [-0.4, -0.2) is 22.6 Å². The second-order valence-corrected chi connectivity index (χ2v) is 7.59. The van der Waals surface area contributed by atoms with E-state index in [9.17, 15) is 62.9 Å². The summed E-state index contributed by atoms with van der Waals surface area (Å²) < 4.78 is 167. The lowest BCUT2D eigenvalue weighted by molar-refractivity contribution is -0.289. The second-order valence-electron chi connectivity index (χ2n) is 7.59. The Balaban J connectivity index is 3.26. The predicted octanol–water partition coefficient (Wildman–Crippen LogP) is 8.61. The Morgan fingerprint density at radius 3 is 1.00 bits per heavy atom. The molecular formula is C23H16F12O2. The van der Waals surface area contributed by atoms with Gasteiger partial charge in [-0.1, -0.05) is 36.4 Å². The van der Waals surface area contributed by atoms with E-state index in [2.05, 4.69) is 0 Å². The minimum Gasteiger partial charge on any atom is -0.507 e. The molecule has 0 saturated heterocycles. The Morgan fingerprint density at radius 2 is 0.784 bits per heavy atom. The first-order valence-corrected chi connectivity index (χ1v) is 9.94. The van der Waals surface area contributed by atoms with E-state index in [1.807, 2.05) is 0 Å². The van der Waals surface area contributed by atoms with E-state index in [1.165, 1.54) is 0 Å². The van der Waals surface area contributed by atoms with Crippen molar-refractivity contribution in [1.29, 1.82) is 0 Å². The van der Waals surface area contributed by atoms with E-state index in [0.717, 1.165) is 26.0 Å². The molecule has 0 aliphatic carbocycles. The molecule has 0 aliphatic rings. The average Bonchev–Trinajstić information content (AvgIpc) is 2.70. The molecule has 2 N–H and O–H groups in total. The van der Waals surface area contributed by atoms with Crippen LogP contribution >= 0.6 is 0 Å². The highest BCUT2D eigenvalue weighted by Gasteiger charge is 2.74. The van der Waals surface area contributed by atoms with Gasteiger partial charge in [-0.15, -0.1) is 0 Å². The third-order valence-corrected chi connectivity index (χ3v) is 5.37. The lowest BCUT2D eigenvalue weighted by atomic mass is 9.70. The zero-order chi connectivity index (χ0) is 28.8. The maximum atomic E-state index is 14.5. The number of phenols is 2. The highest BCUT2D eigenvalue weighted by molar-refractivity contribution is 5.71. The third-order valence-electron chi connectivity index (χ3n) is 5.37. The number of aromatic hydroxyl groups is 2. The van der Waals surface area contributed by atoms with Crippen LogP contribution in [0, 0.1) is 0 Å². The molecule has 2 aromatic rings. The van der Waals surface area contributed by atoms with Gasteiger partial charge in [-0.2, -0.15) is 52.7 Å². The molecule has 0 spiro atoms. The van der Waals surface area contributed by atoms with Crippen molar-refractivity contribution in [3.8, 4) is 11.5 Å². The molecule has 0 unspecified atom stereocenters. The summed E-state index contributed by atoms with van der Waals surface area (Å²) in [7, 11) is 0. The molecule has 0 amide bonds. The van der Waals surface area contributed by atoms with Crippen molar-refractivity contribution in [1.82, 2.24) is 0 Å². The monoisotopic (exact) mass is 552 g/mol. The molecule has 204 valence electrons. The largest absolute Gasteiger partial charge is 0.507 e. The van der Waals surface area contributed by atoms with Crippen LogP contribution in [0.3, 0.4) is 0 Å². The molecule has 2 nitrogen and oxygen atoms in total. The quantitative estimate of drug-likeness (QED) is 0.373. The summed E-state index contributed by atoms with van der Waals surface area (Å²) in [6.45, 7) is 2.14. The summed E-state index contributed by atoms with van der Waals surface area (Å²) in [6, 6.07) is -0.827. The average molecular weight is 552 g/mol. The second kappa shape index (κ2) is 9.53. The Kier molecular flexibility index (Phi) is 7.70. The fraction of sp³-hybridized carbons (Fsp3) is 0.304. The van der Waals surface area contributed by atoms with Gasteiger partial charge in [0.25, 0.3) is 0 Å². The Labute approximate surface area is 201 Å². The van der Waals surface area contributed by atoms with Gasteiger partial charge in [-0.05, 0) is 26.0 Å². The summed E-state index contributed by atoms with van der Waals surface area (Å²) in [5, 5.41) is 20.8. The molecule has 0 saturated carbocycles. The summed E-state index contributed by atoms with van der Waals surface area (Å²) in [5.74, 6) is -4.18. The summed E-state index contributed by atoms with van der Waals surface area (Å²) >= 11 is 0. The summed E-state index contributed by atoms with van der Waals surface area (Å²) in [5.41, 5.74) is -16.3. The molecule has 2 aromatic carbocycles. The molecule has 0 aliphatic heterocycles. The van der Waals surface area contributed by atoms with Gasteiger partial charge < -0.3 is 10.2 Å². The first-order valence-electron chi connectivity index (χ1n) is 9.94. The maximum Gasteiger partial charge on any atom is 0.417 e. The van der Waals surface area contributed by atoms with Crippen LogP contribution in [0.4, 0.5) is 52.7 Å². The molecule has 0 bridgehead atoms. The van der Waals surface area contributed by atoms with Crippen LogP contribution in [0.1, 0.15) is 47.2 Å². The number of rotatable bonds is 4. The third kappa shape index (κ3) is 4.97. The smallest absolute Gasteiger partial charge is 0.417 e. The zero-order valence-electron chi connectivity index (χ0n) is 18.5. The van der Waals surface area contributed by atoms with Gasteiger partial charge in [-0.25, -0.2) is 0 Å². The number of hydrogen-bond acceptors (Lipinski definition) is 2. The molecule has 0 aromatic heterocycles. The van der Waals surface area contributed by atoms with Gasteiger partial charge in [0, 0.05) is 22.3 Å². The number of allylic oxidation sites excluding steroid dienone is 2. The fourth-order valence-electron chi connectivity index (χ4n) is 3.90. The minimum absolute atomic E-state index is 0.134. The van der Waals surface area contributed by atoms with Crippen molar-refractivity contribution in [2.75, 3.05) is 0 Å². The van der Waals surface area contributed by atoms with Gasteiger partial charge in [0.05, 0.1) is 11.1 Å². The number of alkyl halides is 12. The molecule has 0 radical (unpaired) electrons. The van der Waals surface area contributed by atoms with Crippen molar-refractivity contribution in [3.05, 3.63) is 69.8 Å². The lowest BCUT2D eigenvalue weighted by Crippen LogP contribution is -2.55. The number of halogens is 12. The Bertz CT molecular complexity index is 1120. The van der Waals surface area contributed by atoms with E-state index < -0.39 is 75.0 Å². The van der Waals surface area contributed by atoms with E-state index in [-0.39, 0.29) is 24.3 Å². The minimum atomic E-state index is -6.54. The molecule has 0 heterocycles. The van der Waals surface area contributed by atoms with Crippen LogP contribution in [-0.2, 0) is 17.8 Å². The molecule has 2 rings (SSSR count). The summed E-state index contributed by atoms with van der Waals surface area (Å²) in [4.78, 5) is 0. The molecule has 0 fully saturated rings. The number of phenolic OH excluding ortho intramolecular Hbond substituents is 2. The topological polar surface area (TPSA) is 40.5 Å². The van der Waals surface area contributed by atoms with Gasteiger partial charge in [0.15, 0.2) is 0 Å². The first kappa shape index (κ1) is 29.9. The Morgan fingerprint density at radius 1 is 0.514 bits per heavy atom. The SMILES string of the molecule is CC=Cc1c(C(F)(F)F)ccc(C(c2ccc(C(F)(F)F)c(C=CC)c2O)(C(F)(F)F)C(F)(F)F)c1O. The van der Waals surface area contributed by atoms with Crippen molar-refractivity contribution >= 4 is 12.2 Å². The molecular weight excluding hydrogens is 536 g/mol. The van der Waals surface area contributed by atoms with Crippen molar-refractivity contribution in [2.45, 2.75) is 44.0 Å². The van der Waals surface area contributed by atoms with Crippen LogP contribution in [0.15, 0.2) is 36.4 Å². The Hall–Kier alpha value is -3.32. The van der Waals surface area contributed by atoms with Crippen molar-refractivity contribution in [3.63, 3.8) is 0 Å². The van der Waals surface area contributed by atoms with Crippen molar-refractivity contribution < 1.29 is 62.9 Å². The van der Waals surface area contributed by atoms with Gasteiger partial charge in [-0.3, -0.25) is 0 Å². The van der Waals surface area contributed by atoms with Gasteiger partial charge in [0.1, 0.15) is 11.5 Å². The molecule has 14 heteroatoms. The highest BCUT2D eigenvalue weighted by atomic mass is 19.4. The zero-order valence-corrected chi connectivity index (χ0v) is 18.5. The van der Waals surface area contributed by atoms with Gasteiger partial charge >= 0.3 is 24.7 Å². The van der Waals surface area contributed by atoms with E-state index >= 15 is 0 Å². The van der Waals surface area contributed by atoms with Crippen molar-refractivity contribution in [2.24, 2.45) is 0 Å². The van der Waals surface area contributed by atoms with E-state index in [4.69, 9.17) is 0 Å². The predicted molar refractivity (Wildman–Crippen MR) is 109 cm³/mol. The lowest BCUT2D eigenvalue weighted by Gasteiger charge is -2.39. The maximum absolute atomic E-state index is 14.5. The van der Waals surface area contributed by atoms with E-state index in [0.29, 0.717) is 12.2 Å². The number of hydrogen-bond donors (Lipinski definition) is 2. The molecule has 0 atom stereocenters. The fourth-order valence-corrected chi connectivity index (χ4v) is 3.90. The molecule has 37 heavy (non-hydrogen) atoms. The number of benzene rings is 2.